The van der Waals surface area contributed by atoms with Gasteiger partial charge in [0.25, 0.3) is 5.91 Å². The fourth-order valence-corrected chi connectivity index (χ4v) is 2.34. The van der Waals surface area contributed by atoms with E-state index >= 15 is 0 Å². The molecule has 2 aromatic rings. The Morgan fingerprint density at radius 1 is 1.19 bits per heavy atom. The van der Waals surface area contributed by atoms with Crippen molar-refractivity contribution < 1.29 is 27.5 Å². The Bertz CT molecular complexity index is 879. The molecule has 142 valence electrons. The van der Waals surface area contributed by atoms with Crippen LogP contribution in [0, 0.1) is 6.92 Å². The number of hydrogen-bond acceptors (Lipinski definition) is 3. The summed E-state index contributed by atoms with van der Waals surface area (Å²) >= 11 is 5.53. The second kappa shape index (κ2) is 8.73. The van der Waals surface area contributed by atoms with Crippen LogP contribution in [0.25, 0.3) is 6.08 Å². The summed E-state index contributed by atoms with van der Waals surface area (Å²) in [5.41, 5.74) is 0.556. The third kappa shape index (κ3) is 6.14. The summed E-state index contributed by atoms with van der Waals surface area (Å²) in [6.07, 6.45) is -2.52. The highest BCUT2D eigenvalue weighted by Crippen LogP contribution is 2.35. The van der Waals surface area contributed by atoms with Crippen LogP contribution >= 0.6 is 11.6 Å². The number of nitrogens with one attached hydrogen (secondary N) is 1. The predicted molar refractivity (Wildman–Crippen MR) is 96.3 cm³/mol. The average molecular weight is 398 g/mol. The van der Waals surface area contributed by atoms with Crippen molar-refractivity contribution in [3.8, 4) is 0 Å². The van der Waals surface area contributed by atoms with Crippen LogP contribution in [0.4, 0.5) is 18.9 Å². The SMILES string of the molecule is Cc1ccccc1NC(=O)COC(=O)/C=C/c1ccc(Cl)c(C(F)(F)F)c1. The number of carbonyl (C=O) groups is 2. The molecule has 1 N–H and O–H groups in total. The topological polar surface area (TPSA) is 55.4 Å². The van der Waals surface area contributed by atoms with Crippen LogP contribution in [0.2, 0.25) is 5.02 Å². The zero-order valence-corrected chi connectivity index (χ0v) is 14.9. The fraction of sp³-hybridized carbons (Fsp3) is 0.158. The number of alkyl halides is 3. The first-order valence-electron chi connectivity index (χ1n) is 7.74. The van der Waals surface area contributed by atoms with Crippen LogP contribution in [0.3, 0.4) is 0 Å². The van der Waals surface area contributed by atoms with Crippen molar-refractivity contribution in [2.75, 3.05) is 11.9 Å². The summed E-state index contributed by atoms with van der Waals surface area (Å²) in [5.74, 6) is -1.39. The Morgan fingerprint density at radius 3 is 2.56 bits per heavy atom. The Labute approximate surface area is 158 Å². The Morgan fingerprint density at radius 2 is 1.89 bits per heavy atom. The number of halogens is 4. The molecule has 8 heteroatoms. The number of esters is 1. The molecule has 27 heavy (non-hydrogen) atoms. The van der Waals surface area contributed by atoms with Crippen LogP contribution < -0.4 is 5.32 Å². The Balaban J connectivity index is 1.92. The van der Waals surface area contributed by atoms with Crippen molar-refractivity contribution in [3.63, 3.8) is 0 Å². The zero-order valence-electron chi connectivity index (χ0n) is 14.1. The van der Waals surface area contributed by atoms with Gasteiger partial charge in [-0.15, -0.1) is 0 Å². The van der Waals surface area contributed by atoms with Crippen LogP contribution in [-0.2, 0) is 20.5 Å². The van der Waals surface area contributed by atoms with E-state index in [9.17, 15) is 22.8 Å². The van der Waals surface area contributed by atoms with E-state index in [1.165, 1.54) is 6.07 Å². The number of benzene rings is 2. The lowest BCUT2D eigenvalue weighted by molar-refractivity contribution is -0.142. The maximum atomic E-state index is 12.8. The molecular weight excluding hydrogens is 383 g/mol. The summed E-state index contributed by atoms with van der Waals surface area (Å²) in [6.45, 7) is 1.29. The smallest absolute Gasteiger partial charge is 0.417 e. The first-order valence-corrected chi connectivity index (χ1v) is 8.11. The molecule has 0 aliphatic heterocycles. The van der Waals surface area contributed by atoms with Crippen molar-refractivity contribution in [3.05, 3.63) is 70.3 Å². The van der Waals surface area contributed by atoms with Crippen molar-refractivity contribution in [2.24, 2.45) is 0 Å². The summed E-state index contributed by atoms with van der Waals surface area (Å²) in [6, 6.07) is 10.3. The Kier molecular flexibility index (Phi) is 6.63. The lowest BCUT2D eigenvalue weighted by Gasteiger charge is -2.09. The molecule has 2 rings (SSSR count). The molecule has 0 aliphatic carbocycles. The van der Waals surface area contributed by atoms with Gasteiger partial charge in [0.1, 0.15) is 0 Å². The number of para-hydroxylation sites is 1. The van der Waals surface area contributed by atoms with Crippen molar-refractivity contribution >= 4 is 35.2 Å². The number of amides is 1. The van der Waals surface area contributed by atoms with Gasteiger partial charge >= 0.3 is 12.1 Å². The summed E-state index contributed by atoms with van der Waals surface area (Å²) in [7, 11) is 0. The molecule has 0 aliphatic rings. The van der Waals surface area contributed by atoms with Crippen LogP contribution in [0.15, 0.2) is 48.5 Å². The van der Waals surface area contributed by atoms with Gasteiger partial charge in [-0.25, -0.2) is 4.79 Å². The minimum Gasteiger partial charge on any atom is -0.452 e. The summed E-state index contributed by atoms with van der Waals surface area (Å²) < 4.78 is 43.2. The first kappa shape index (κ1) is 20.5. The Hall–Kier alpha value is -2.80. The highest BCUT2D eigenvalue weighted by Gasteiger charge is 2.33. The number of ether oxygens (including phenoxy) is 1. The normalized spacial score (nSPS) is 11.4. The molecule has 0 unspecified atom stereocenters. The average Bonchev–Trinajstić information content (AvgIpc) is 2.60. The van der Waals surface area contributed by atoms with E-state index < -0.39 is 35.2 Å². The number of carbonyl (C=O) groups excluding carboxylic acids is 2. The quantitative estimate of drug-likeness (QED) is 0.579. The number of aryl methyl sites for hydroxylation is 1. The van der Waals surface area contributed by atoms with Gasteiger partial charge < -0.3 is 10.1 Å². The molecule has 1 amide bonds. The van der Waals surface area contributed by atoms with E-state index in [1.54, 1.807) is 12.1 Å². The monoisotopic (exact) mass is 397 g/mol. The molecule has 0 fully saturated rings. The molecule has 0 heterocycles. The van der Waals surface area contributed by atoms with Crippen molar-refractivity contribution in [1.29, 1.82) is 0 Å². The third-order valence-electron chi connectivity index (χ3n) is 3.47. The standard InChI is InChI=1S/C19H15ClF3NO3/c1-12-4-2-3-5-16(12)24-17(25)11-27-18(26)9-7-13-6-8-15(20)14(10-13)19(21,22)23/h2-10H,11H2,1H3,(H,24,25)/b9-7+. The van der Waals surface area contributed by atoms with E-state index in [-0.39, 0.29) is 5.56 Å². The fourth-order valence-electron chi connectivity index (χ4n) is 2.11. The molecule has 0 radical (unpaired) electrons. The summed E-state index contributed by atoms with van der Waals surface area (Å²) in [4.78, 5) is 23.4. The van der Waals surface area contributed by atoms with Gasteiger partial charge in [0.05, 0.1) is 10.6 Å². The number of hydrogen-bond donors (Lipinski definition) is 1. The lowest BCUT2D eigenvalue weighted by atomic mass is 10.1. The first-order chi connectivity index (χ1) is 12.7. The van der Waals surface area contributed by atoms with Crippen LogP contribution in [-0.4, -0.2) is 18.5 Å². The molecule has 0 bridgehead atoms. The van der Waals surface area contributed by atoms with Gasteiger partial charge in [0, 0.05) is 11.8 Å². The molecule has 0 saturated carbocycles. The van der Waals surface area contributed by atoms with Gasteiger partial charge in [-0.05, 0) is 42.3 Å². The maximum absolute atomic E-state index is 12.8. The highest BCUT2D eigenvalue weighted by molar-refractivity contribution is 6.31. The lowest BCUT2D eigenvalue weighted by Crippen LogP contribution is -2.20. The summed E-state index contributed by atoms with van der Waals surface area (Å²) in [5, 5.41) is 2.15. The highest BCUT2D eigenvalue weighted by atomic mass is 35.5. The molecule has 4 nitrogen and oxygen atoms in total. The molecular formula is C19H15ClF3NO3. The zero-order chi connectivity index (χ0) is 20.0. The van der Waals surface area contributed by atoms with Gasteiger partial charge in [-0.2, -0.15) is 13.2 Å². The van der Waals surface area contributed by atoms with Gasteiger partial charge in [-0.1, -0.05) is 35.9 Å². The second-order valence-electron chi connectivity index (χ2n) is 5.54. The van der Waals surface area contributed by atoms with E-state index in [0.717, 1.165) is 29.8 Å². The minimum absolute atomic E-state index is 0.119. The molecule has 0 aromatic heterocycles. The molecule has 0 spiro atoms. The van der Waals surface area contributed by atoms with E-state index in [2.05, 4.69) is 5.32 Å². The van der Waals surface area contributed by atoms with E-state index in [4.69, 9.17) is 16.3 Å². The van der Waals surface area contributed by atoms with Crippen LogP contribution in [0.5, 0.6) is 0 Å². The van der Waals surface area contributed by atoms with Gasteiger partial charge in [0.15, 0.2) is 6.61 Å². The van der Waals surface area contributed by atoms with E-state index in [1.807, 2.05) is 19.1 Å². The molecule has 0 saturated heterocycles. The number of anilines is 1. The van der Waals surface area contributed by atoms with Gasteiger partial charge in [-0.3, -0.25) is 4.79 Å². The van der Waals surface area contributed by atoms with Crippen molar-refractivity contribution in [1.82, 2.24) is 0 Å². The minimum atomic E-state index is -4.60. The van der Waals surface area contributed by atoms with Crippen LogP contribution in [0.1, 0.15) is 16.7 Å². The number of rotatable bonds is 5. The predicted octanol–water partition coefficient (Wildman–Crippen LogP) is 4.86. The third-order valence-corrected chi connectivity index (χ3v) is 3.80. The maximum Gasteiger partial charge on any atom is 0.417 e. The van der Waals surface area contributed by atoms with Crippen molar-refractivity contribution in [2.45, 2.75) is 13.1 Å². The largest absolute Gasteiger partial charge is 0.452 e. The molecule has 0 atom stereocenters. The molecule has 2 aromatic carbocycles. The van der Waals surface area contributed by atoms with Gasteiger partial charge in [0.2, 0.25) is 0 Å². The van der Waals surface area contributed by atoms with E-state index in [0.29, 0.717) is 5.69 Å². The second-order valence-corrected chi connectivity index (χ2v) is 5.95.